The Bertz CT molecular complexity index is 596. The molecule has 1 amide bonds. The number of amides is 1. The predicted octanol–water partition coefficient (Wildman–Crippen LogP) is 1.47. The highest BCUT2D eigenvalue weighted by molar-refractivity contribution is 5.76. The molecule has 3 rings (SSSR count). The Labute approximate surface area is 130 Å². The van der Waals surface area contributed by atoms with Crippen LogP contribution in [0.15, 0.2) is 48.8 Å². The first kappa shape index (κ1) is 14.8. The van der Waals surface area contributed by atoms with E-state index in [1.807, 2.05) is 35.4 Å². The quantitative estimate of drug-likeness (QED) is 0.909. The van der Waals surface area contributed by atoms with E-state index in [0.717, 1.165) is 13.1 Å². The van der Waals surface area contributed by atoms with Crippen molar-refractivity contribution >= 4 is 5.91 Å². The van der Waals surface area contributed by atoms with Crippen molar-refractivity contribution in [2.45, 2.75) is 18.9 Å². The predicted molar refractivity (Wildman–Crippen MR) is 85.2 cm³/mol. The second-order valence-corrected chi connectivity index (χ2v) is 5.83. The van der Waals surface area contributed by atoms with E-state index in [2.05, 4.69) is 17.2 Å². The average molecular weight is 298 g/mol. The van der Waals surface area contributed by atoms with Crippen LogP contribution in [0.4, 0.5) is 0 Å². The van der Waals surface area contributed by atoms with E-state index in [-0.39, 0.29) is 5.91 Å². The molecular formula is C17H22N4O. The zero-order valence-electron chi connectivity index (χ0n) is 12.6. The summed E-state index contributed by atoms with van der Waals surface area (Å²) in [5.74, 6) is 0.878. The SMILES string of the molecule is NC[C@@H]1CN(C(=O)CCn2cccn2)C[C@H]1c1ccccc1. The Morgan fingerprint density at radius 1 is 1.23 bits per heavy atom. The molecule has 0 saturated carbocycles. The molecule has 2 N–H and O–H groups in total. The molecular weight excluding hydrogens is 276 g/mol. The highest BCUT2D eigenvalue weighted by atomic mass is 16.2. The Hall–Kier alpha value is -2.14. The summed E-state index contributed by atoms with van der Waals surface area (Å²) in [6.45, 7) is 2.77. The second kappa shape index (κ2) is 6.75. The summed E-state index contributed by atoms with van der Waals surface area (Å²) in [5, 5.41) is 4.13. The Kier molecular flexibility index (Phi) is 4.53. The van der Waals surface area contributed by atoms with Crippen molar-refractivity contribution in [1.82, 2.24) is 14.7 Å². The lowest BCUT2D eigenvalue weighted by Gasteiger charge is -2.17. The lowest BCUT2D eigenvalue weighted by Crippen LogP contribution is -2.30. The number of carbonyl (C=O) groups excluding carboxylic acids is 1. The molecule has 1 aliphatic heterocycles. The van der Waals surface area contributed by atoms with Crippen LogP contribution >= 0.6 is 0 Å². The van der Waals surface area contributed by atoms with Gasteiger partial charge in [0, 0.05) is 44.4 Å². The van der Waals surface area contributed by atoms with Gasteiger partial charge in [0.1, 0.15) is 0 Å². The monoisotopic (exact) mass is 298 g/mol. The van der Waals surface area contributed by atoms with Crippen molar-refractivity contribution in [2.24, 2.45) is 11.7 Å². The standard InChI is InChI=1S/C17H22N4O/c18-11-15-12-20(13-16(15)14-5-2-1-3-6-14)17(22)7-10-21-9-4-8-19-21/h1-6,8-9,15-16H,7,10-13,18H2/t15-,16+/m1/s1. The summed E-state index contributed by atoms with van der Waals surface area (Å²) in [4.78, 5) is 14.4. The zero-order valence-corrected chi connectivity index (χ0v) is 12.6. The van der Waals surface area contributed by atoms with E-state index in [9.17, 15) is 4.79 Å². The first-order valence-electron chi connectivity index (χ1n) is 7.78. The van der Waals surface area contributed by atoms with Crippen LogP contribution < -0.4 is 5.73 Å². The molecule has 5 nitrogen and oxygen atoms in total. The number of hydrogen-bond donors (Lipinski definition) is 1. The molecule has 1 saturated heterocycles. The van der Waals surface area contributed by atoms with Crippen molar-refractivity contribution in [3.8, 4) is 0 Å². The first-order chi connectivity index (χ1) is 10.8. The molecule has 0 spiro atoms. The first-order valence-corrected chi connectivity index (χ1v) is 7.78. The maximum Gasteiger partial charge on any atom is 0.224 e. The zero-order chi connectivity index (χ0) is 15.4. The summed E-state index contributed by atoms with van der Waals surface area (Å²) in [5.41, 5.74) is 7.20. The molecule has 2 heterocycles. The molecule has 1 fully saturated rings. The molecule has 0 bridgehead atoms. The van der Waals surface area contributed by atoms with Gasteiger partial charge in [-0.3, -0.25) is 9.48 Å². The van der Waals surface area contributed by atoms with Gasteiger partial charge in [-0.1, -0.05) is 30.3 Å². The number of aryl methyl sites for hydroxylation is 1. The number of rotatable bonds is 5. The van der Waals surface area contributed by atoms with E-state index < -0.39 is 0 Å². The third kappa shape index (κ3) is 3.20. The molecule has 2 aromatic rings. The van der Waals surface area contributed by atoms with Crippen LogP contribution in [0.25, 0.3) is 0 Å². The number of likely N-dealkylation sites (tertiary alicyclic amines) is 1. The van der Waals surface area contributed by atoms with Crippen molar-refractivity contribution in [1.29, 1.82) is 0 Å². The van der Waals surface area contributed by atoms with Gasteiger partial charge >= 0.3 is 0 Å². The highest BCUT2D eigenvalue weighted by Gasteiger charge is 2.34. The maximum atomic E-state index is 12.4. The van der Waals surface area contributed by atoms with Crippen molar-refractivity contribution < 1.29 is 4.79 Å². The van der Waals surface area contributed by atoms with Crippen LogP contribution in [-0.2, 0) is 11.3 Å². The van der Waals surface area contributed by atoms with Crippen LogP contribution in [0.2, 0.25) is 0 Å². The molecule has 1 aromatic carbocycles. The van der Waals surface area contributed by atoms with Crippen LogP contribution in [-0.4, -0.2) is 40.2 Å². The summed E-state index contributed by atoms with van der Waals surface area (Å²) in [6.07, 6.45) is 4.10. The average Bonchev–Trinajstić information content (AvgIpc) is 3.22. The number of nitrogens with two attached hydrogens (primary N) is 1. The number of aromatic nitrogens is 2. The lowest BCUT2D eigenvalue weighted by molar-refractivity contribution is -0.130. The summed E-state index contributed by atoms with van der Waals surface area (Å²) < 4.78 is 1.79. The van der Waals surface area contributed by atoms with Gasteiger partial charge in [0.2, 0.25) is 5.91 Å². The van der Waals surface area contributed by atoms with Crippen LogP contribution in [0.3, 0.4) is 0 Å². The Morgan fingerprint density at radius 3 is 2.73 bits per heavy atom. The molecule has 0 unspecified atom stereocenters. The number of carbonyl (C=O) groups is 1. The van der Waals surface area contributed by atoms with Gasteiger partial charge in [0.15, 0.2) is 0 Å². The smallest absolute Gasteiger partial charge is 0.224 e. The van der Waals surface area contributed by atoms with Crippen molar-refractivity contribution in [3.63, 3.8) is 0 Å². The molecule has 0 aliphatic carbocycles. The van der Waals surface area contributed by atoms with Gasteiger partial charge in [-0.2, -0.15) is 5.10 Å². The normalized spacial score (nSPS) is 21.2. The largest absolute Gasteiger partial charge is 0.342 e. The highest BCUT2D eigenvalue weighted by Crippen LogP contribution is 2.32. The minimum Gasteiger partial charge on any atom is -0.342 e. The minimum absolute atomic E-state index is 0.187. The Balaban J connectivity index is 1.62. The fourth-order valence-corrected chi connectivity index (χ4v) is 3.19. The molecule has 1 aromatic heterocycles. The van der Waals surface area contributed by atoms with Gasteiger partial charge in [-0.05, 0) is 24.1 Å². The maximum absolute atomic E-state index is 12.4. The van der Waals surface area contributed by atoms with E-state index in [1.165, 1.54) is 5.56 Å². The third-order valence-electron chi connectivity index (χ3n) is 4.44. The fourth-order valence-electron chi connectivity index (χ4n) is 3.19. The Morgan fingerprint density at radius 2 is 2.05 bits per heavy atom. The molecule has 0 radical (unpaired) electrons. The number of hydrogen-bond acceptors (Lipinski definition) is 3. The number of benzene rings is 1. The molecule has 2 atom stereocenters. The van der Waals surface area contributed by atoms with E-state index in [0.29, 0.717) is 31.3 Å². The summed E-state index contributed by atoms with van der Waals surface area (Å²) in [7, 11) is 0. The second-order valence-electron chi connectivity index (χ2n) is 5.83. The topological polar surface area (TPSA) is 64.2 Å². The van der Waals surface area contributed by atoms with Gasteiger partial charge in [-0.25, -0.2) is 0 Å². The lowest BCUT2D eigenvalue weighted by atomic mass is 9.89. The van der Waals surface area contributed by atoms with E-state index in [4.69, 9.17) is 5.73 Å². The molecule has 116 valence electrons. The van der Waals surface area contributed by atoms with E-state index in [1.54, 1.807) is 10.9 Å². The summed E-state index contributed by atoms with van der Waals surface area (Å²) in [6, 6.07) is 12.2. The van der Waals surface area contributed by atoms with Gasteiger partial charge in [0.05, 0.1) is 0 Å². The van der Waals surface area contributed by atoms with Crippen molar-refractivity contribution in [3.05, 3.63) is 54.4 Å². The molecule has 22 heavy (non-hydrogen) atoms. The van der Waals surface area contributed by atoms with Crippen LogP contribution in [0.5, 0.6) is 0 Å². The van der Waals surface area contributed by atoms with Crippen molar-refractivity contribution in [2.75, 3.05) is 19.6 Å². The van der Waals surface area contributed by atoms with Crippen LogP contribution in [0.1, 0.15) is 17.9 Å². The van der Waals surface area contributed by atoms with Crippen LogP contribution in [0, 0.1) is 5.92 Å². The molecule has 5 heteroatoms. The van der Waals surface area contributed by atoms with Gasteiger partial charge in [0.25, 0.3) is 0 Å². The van der Waals surface area contributed by atoms with Gasteiger partial charge < -0.3 is 10.6 Å². The summed E-state index contributed by atoms with van der Waals surface area (Å²) >= 11 is 0. The minimum atomic E-state index is 0.187. The third-order valence-corrected chi connectivity index (χ3v) is 4.44. The number of nitrogens with zero attached hydrogens (tertiary/aromatic N) is 3. The van der Waals surface area contributed by atoms with Gasteiger partial charge in [-0.15, -0.1) is 0 Å². The fraction of sp³-hybridized carbons (Fsp3) is 0.412. The van der Waals surface area contributed by atoms with E-state index >= 15 is 0 Å². The molecule has 1 aliphatic rings.